The van der Waals surface area contributed by atoms with E-state index in [0.717, 1.165) is 0 Å². The summed E-state index contributed by atoms with van der Waals surface area (Å²) in [4.78, 5) is 23.5. The van der Waals surface area contributed by atoms with Crippen molar-refractivity contribution in [2.75, 3.05) is 7.11 Å². The van der Waals surface area contributed by atoms with Crippen molar-refractivity contribution in [3.05, 3.63) is 35.9 Å². The molecule has 0 heterocycles. The fraction of sp³-hybridized carbons (Fsp3) is 0.385. The fourth-order valence-corrected chi connectivity index (χ4v) is 1.56. The van der Waals surface area contributed by atoms with Gasteiger partial charge in [-0.15, -0.1) is 0 Å². The second-order valence-electron chi connectivity index (χ2n) is 3.97. The normalized spacial score (nSPS) is 13.8. The fourth-order valence-electron chi connectivity index (χ4n) is 1.56. The first-order valence-electron chi connectivity index (χ1n) is 5.49. The summed E-state index contributed by atoms with van der Waals surface area (Å²) < 4.78 is 4.63. The Hall–Kier alpha value is -1.68. The molecule has 0 aliphatic rings. The highest BCUT2D eigenvalue weighted by molar-refractivity contribution is 6.00. The number of Topliss-reactive ketones (excluding diaryl/α,β-unsaturated/α-hetero) is 1. The van der Waals surface area contributed by atoms with Crippen LogP contribution in [0.5, 0.6) is 0 Å². The van der Waals surface area contributed by atoms with Crippen molar-refractivity contribution >= 4 is 11.8 Å². The van der Waals surface area contributed by atoms with E-state index in [-0.39, 0.29) is 12.2 Å². The van der Waals surface area contributed by atoms with Gasteiger partial charge in [0.05, 0.1) is 7.11 Å². The maximum atomic E-state index is 12.0. The third-order valence-electron chi connectivity index (χ3n) is 2.79. The first-order chi connectivity index (χ1) is 8.03. The lowest BCUT2D eigenvalue weighted by molar-refractivity contribution is -0.147. The Labute approximate surface area is 101 Å². The Bertz CT molecular complexity index is 402. The van der Waals surface area contributed by atoms with Gasteiger partial charge in [-0.2, -0.15) is 0 Å². The smallest absolute Gasteiger partial charge is 0.326 e. The van der Waals surface area contributed by atoms with Crippen LogP contribution in [0.3, 0.4) is 0 Å². The quantitative estimate of drug-likeness (QED) is 0.621. The number of ether oxygens (including phenoxy) is 1. The Balaban J connectivity index is 2.83. The lowest BCUT2D eigenvalue weighted by Crippen LogP contribution is -2.49. The number of carbonyl (C=O) groups is 2. The highest BCUT2D eigenvalue weighted by atomic mass is 16.5. The van der Waals surface area contributed by atoms with E-state index in [2.05, 4.69) is 4.74 Å². The molecule has 1 aromatic rings. The number of nitrogens with two attached hydrogens (primary N) is 1. The molecule has 2 N–H and O–H groups in total. The molecule has 4 nitrogen and oxygen atoms in total. The van der Waals surface area contributed by atoms with E-state index in [1.165, 1.54) is 7.11 Å². The van der Waals surface area contributed by atoms with Gasteiger partial charge >= 0.3 is 5.97 Å². The second-order valence-corrected chi connectivity index (χ2v) is 3.97. The Morgan fingerprint density at radius 1 is 1.29 bits per heavy atom. The van der Waals surface area contributed by atoms with Crippen molar-refractivity contribution in [3.63, 3.8) is 0 Å². The van der Waals surface area contributed by atoms with E-state index >= 15 is 0 Å². The molecule has 0 saturated carbocycles. The van der Waals surface area contributed by atoms with E-state index in [1.807, 2.05) is 6.07 Å². The summed E-state index contributed by atoms with van der Waals surface area (Å²) in [5.74, 6) is -0.704. The molecule has 0 aliphatic carbocycles. The zero-order chi connectivity index (χ0) is 12.9. The molecule has 1 unspecified atom stereocenters. The minimum absolute atomic E-state index is 0.0415. The van der Waals surface area contributed by atoms with Gasteiger partial charge in [-0.3, -0.25) is 9.59 Å². The average Bonchev–Trinajstić information content (AvgIpc) is 2.38. The topological polar surface area (TPSA) is 69.4 Å². The van der Waals surface area contributed by atoms with Crippen LogP contribution in [0.2, 0.25) is 0 Å². The lowest BCUT2D eigenvalue weighted by Gasteiger charge is -2.24. The van der Waals surface area contributed by atoms with Crippen LogP contribution in [-0.2, 0) is 9.53 Å². The predicted octanol–water partition coefficient (Wildman–Crippen LogP) is 1.54. The summed E-state index contributed by atoms with van der Waals surface area (Å²) in [7, 11) is 1.27. The highest BCUT2D eigenvalue weighted by Crippen LogP contribution is 2.17. The van der Waals surface area contributed by atoms with E-state index in [0.29, 0.717) is 12.0 Å². The number of ketones is 1. The van der Waals surface area contributed by atoms with Gasteiger partial charge in [-0.05, 0) is 6.42 Å². The van der Waals surface area contributed by atoms with Gasteiger partial charge in [-0.25, -0.2) is 0 Å². The number of rotatable bonds is 5. The largest absolute Gasteiger partial charge is 0.468 e. The number of carbonyl (C=O) groups excluding carboxylic acids is 2. The maximum absolute atomic E-state index is 12.0. The monoisotopic (exact) mass is 235 g/mol. The predicted molar refractivity (Wildman–Crippen MR) is 64.6 cm³/mol. The Morgan fingerprint density at radius 3 is 2.35 bits per heavy atom. The van der Waals surface area contributed by atoms with Gasteiger partial charge in [0.1, 0.15) is 5.54 Å². The van der Waals surface area contributed by atoms with Crippen LogP contribution in [0.4, 0.5) is 0 Å². The van der Waals surface area contributed by atoms with Crippen LogP contribution < -0.4 is 5.73 Å². The number of hydrogen-bond acceptors (Lipinski definition) is 4. The van der Waals surface area contributed by atoms with Crippen LogP contribution in [0.15, 0.2) is 30.3 Å². The summed E-state index contributed by atoms with van der Waals surface area (Å²) in [5, 5.41) is 0. The molecule has 17 heavy (non-hydrogen) atoms. The molecule has 0 amide bonds. The molecule has 0 aliphatic heterocycles. The van der Waals surface area contributed by atoms with Crippen LogP contribution in [0.1, 0.15) is 30.1 Å². The van der Waals surface area contributed by atoms with Gasteiger partial charge < -0.3 is 10.5 Å². The first-order valence-corrected chi connectivity index (χ1v) is 5.49. The zero-order valence-electron chi connectivity index (χ0n) is 10.1. The molecule has 0 aromatic heterocycles. The molecule has 0 bridgehead atoms. The third kappa shape index (κ3) is 3.14. The number of hydrogen-bond donors (Lipinski definition) is 1. The number of benzene rings is 1. The van der Waals surface area contributed by atoms with E-state index in [9.17, 15) is 9.59 Å². The third-order valence-corrected chi connectivity index (χ3v) is 2.79. The van der Waals surface area contributed by atoms with Crippen molar-refractivity contribution in [2.24, 2.45) is 5.73 Å². The van der Waals surface area contributed by atoms with Crippen LogP contribution in [0, 0.1) is 0 Å². The lowest BCUT2D eigenvalue weighted by atomic mass is 9.89. The minimum Gasteiger partial charge on any atom is -0.468 e. The van der Waals surface area contributed by atoms with E-state index < -0.39 is 11.5 Å². The molecule has 4 heteroatoms. The van der Waals surface area contributed by atoms with Crippen molar-refractivity contribution in [1.29, 1.82) is 0 Å². The van der Waals surface area contributed by atoms with E-state index in [4.69, 9.17) is 5.73 Å². The van der Waals surface area contributed by atoms with Crippen molar-refractivity contribution < 1.29 is 14.3 Å². The van der Waals surface area contributed by atoms with Gasteiger partial charge in [0.15, 0.2) is 5.78 Å². The molecule has 1 aromatic carbocycles. The zero-order valence-corrected chi connectivity index (χ0v) is 10.1. The molecule has 0 radical (unpaired) electrons. The molecule has 92 valence electrons. The molecule has 1 atom stereocenters. The summed E-state index contributed by atoms with van der Waals surface area (Å²) in [6, 6.07) is 8.78. The number of esters is 1. The van der Waals surface area contributed by atoms with Crippen LogP contribution >= 0.6 is 0 Å². The van der Waals surface area contributed by atoms with Crippen molar-refractivity contribution in [1.82, 2.24) is 0 Å². The van der Waals surface area contributed by atoms with Gasteiger partial charge in [0, 0.05) is 12.0 Å². The molecule has 0 fully saturated rings. The average molecular weight is 235 g/mol. The molecule has 0 saturated heterocycles. The van der Waals surface area contributed by atoms with Crippen molar-refractivity contribution in [2.45, 2.75) is 25.3 Å². The molecular weight excluding hydrogens is 218 g/mol. The van der Waals surface area contributed by atoms with Gasteiger partial charge in [-0.1, -0.05) is 37.3 Å². The standard InChI is InChI=1S/C13H17NO3/c1-3-13(14,12(16)17-2)9-11(15)10-7-5-4-6-8-10/h4-8H,3,9,14H2,1-2H3. The Morgan fingerprint density at radius 2 is 1.88 bits per heavy atom. The first kappa shape index (κ1) is 13.4. The summed E-state index contributed by atoms with van der Waals surface area (Å²) >= 11 is 0. The molecule has 0 spiro atoms. The summed E-state index contributed by atoms with van der Waals surface area (Å²) in [5.41, 5.74) is 5.22. The molecule has 1 rings (SSSR count). The maximum Gasteiger partial charge on any atom is 0.326 e. The summed E-state index contributed by atoms with van der Waals surface area (Å²) in [6.45, 7) is 1.76. The van der Waals surface area contributed by atoms with Crippen molar-refractivity contribution in [3.8, 4) is 0 Å². The SMILES string of the molecule is CCC(N)(CC(=O)c1ccccc1)C(=O)OC. The Kier molecular flexibility index (Phi) is 4.40. The minimum atomic E-state index is -1.23. The highest BCUT2D eigenvalue weighted by Gasteiger charge is 2.35. The second kappa shape index (κ2) is 5.59. The van der Waals surface area contributed by atoms with E-state index in [1.54, 1.807) is 31.2 Å². The van der Waals surface area contributed by atoms with Gasteiger partial charge in [0.2, 0.25) is 0 Å². The van der Waals surface area contributed by atoms with Crippen LogP contribution in [0.25, 0.3) is 0 Å². The van der Waals surface area contributed by atoms with Gasteiger partial charge in [0.25, 0.3) is 0 Å². The van der Waals surface area contributed by atoms with Crippen LogP contribution in [-0.4, -0.2) is 24.4 Å². The molecular formula is C13H17NO3. The number of methoxy groups -OCH3 is 1. The summed E-state index contributed by atoms with van der Waals surface area (Å²) in [6.07, 6.45) is 0.318.